The van der Waals surface area contributed by atoms with Crippen LogP contribution in [0.1, 0.15) is 57.2 Å². The number of rotatable bonds is 21. The highest BCUT2D eigenvalue weighted by Gasteiger charge is 2.39. The number of nitrogens with one attached hydrogen (secondary N) is 4. The highest BCUT2D eigenvalue weighted by Crippen LogP contribution is 2.49. The van der Waals surface area contributed by atoms with Crippen molar-refractivity contribution < 1.29 is 57.3 Å². The molecule has 0 aromatic heterocycles. The Morgan fingerprint density at radius 1 is 0.778 bits per heavy atom. The first-order valence-electron chi connectivity index (χ1n) is 17.6. The molecule has 294 valence electrons. The van der Waals surface area contributed by atoms with Crippen molar-refractivity contribution in [3.63, 3.8) is 0 Å². The fraction of sp³-hybridized carbons (Fsp3) is 0.459. The first kappa shape index (κ1) is 43.4. The topological polar surface area (TPSA) is 236 Å². The molecule has 0 fully saturated rings. The molecular formula is C37H49N4O12P. The number of hydrogen-bond acceptors (Lipinski definition) is 10. The van der Waals surface area contributed by atoms with Crippen molar-refractivity contribution in [3.8, 4) is 0 Å². The molecule has 2 aromatic carbocycles. The molecule has 1 aliphatic carbocycles. The lowest BCUT2D eigenvalue weighted by Crippen LogP contribution is -2.60. The van der Waals surface area contributed by atoms with Crippen molar-refractivity contribution in [3.05, 3.63) is 83.2 Å². The number of benzene rings is 2. The van der Waals surface area contributed by atoms with Crippen molar-refractivity contribution in [1.29, 1.82) is 0 Å². The Bertz CT molecular complexity index is 1670. The maximum atomic E-state index is 14.1. The zero-order valence-electron chi connectivity index (χ0n) is 30.7. The summed E-state index contributed by atoms with van der Waals surface area (Å²) in [5, 5.41) is 29.2. The van der Waals surface area contributed by atoms with Gasteiger partial charge in [0.15, 0.2) is 0 Å². The van der Waals surface area contributed by atoms with Crippen LogP contribution in [0.25, 0.3) is 0 Å². The van der Waals surface area contributed by atoms with E-state index in [-0.39, 0.29) is 19.8 Å². The smallest absolute Gasteiger partial charge is 0.408 e. The van der Waals surface area contributed by atoms with E-state index in [1.54, 1.807) is 58.0 Å². The third-order valence-corrected chi connectivity index (χ3v) is 10.2. The Kier molecular flexibility index (Phi) is 16.9. The molecular weight excluding hydrogens is 723 g/mol. The molecule has 1 aliphatic rings. The van der Waals surface area contributed by atoms with Crippen molar-refractivity contribution in [2.75, 3.05) is 13.2 Å². The maximum Gasteiger partial charge on any atom is 0.408 e. The molecule has 4 atom stereocenters. The second-order valence-electron chi connectivity index (χ2n) is 12.9. The van der Waals surface area contributed by atoms with Crippen LogP contribution in [0.2, 0.25) is 0 Å². The number of carbonyl (C=O) groups excluding carboxylic acids is 4. The molecule has 54 heavy (non-hydrogen) atoms. The van der Waals surface area contributed by atoms with E-state index in [1.807, 2.05) is 24.3 Å². The van der Waals surface area contributed by atoms with Crippen LogP contribution in [0.15, 0.2) is 66.5 Å². The fourth-order valence-electron chi connectivity index (χ4n) is 5.87. The van der Waals surface area contributed by atoms with Crippen LogP contribution in [0, 0.1) is 11.8 Å². The van der Waals surface area contributed by atoms with E-state index in [1.165, 1.54) is 6.08 Å². The molecule has 0 radical (unpaired) electrons. The Balaban J connectivity index is 1.84. The van der Waals surface area contributed by atoms with Gasteiger partial charge in [-0.3, -0.25) is 28.5 Å². The summed E-state index contributed by atoms with van der Waals surface area (Å²) in [5.74, 6) is -5.13. The van der Waals surface area contributed by atoms with Crippen LogP contribution >= 0.6 is 7.60 Å². The van der Waals surface area contributed by atoms with Gasteiger partial charge in [-0.15, -0.1) is 0 Å². The molecule has 0 unspecified atom stereocenters. The van der Waals surface area contributed by atoms with Crippen molar-refractivity contribution in [2.45, 2.75) is 84.2 Å². The average molecular weight is 773 g/mol. The van der Waals surface area contributed by atoms with E-state index < -0.39 is 92.2 Å². The highest BCUT2D eigenvalue weighted by molar-refractivity contribution is 7.57. The number of carboxylic acids is 2. The molecule has 17 heteroatoms. The molecule has 0 heterocycles. The van der Waals surface area contributed by atoms with E-state index in [0.717, 1.165) is 16.9 Å². The summed E-state index contributed by atoms with van der Waals surface area (Å²) in [6.45, 7) is 6.48. The molecule has 0 saturated heterocycles. The van der Waals surface area contributed by atoms with Gasteiger partial charge in [-0.25, -0.2) is 4.79 Å². The summed E-state index contributed by atoms with van der Waals surface area (Å²) in [6, 6.07) is 10.8. The van der Waals surface area contributed by atoms with E-state index in [0.29, 0.717) is 18.4 Å². The third-order valence-electron chi connectivity index (χ3n) is 8.42. The molecule has 6 N–H and O–H groups in total. The standard InChI is InChI=1S/C37H49N4O12P/c1-5-52-54(50,53-6-2)17-16-28(20-30(42)43)38-35(47)32(23(3)4)40-36(48)33(27-18-25-14-10-11-15-26(25)19-27)41-34(46)29(21-31(44)45)39-37(49)51-22-24-12-8-7-9-13-24/h7-17,23,27-29,32-33H,5-6,18-22H2,1-4H3,(H,38,47)(H,39,49)(H,40,48)(H,41,46)(H,42,43)(H,44,45)/b17-16+/t28-,29+,32+,33+/m1/s1. The first-order chi connectivity index (χ1) is 25.6. The Morgan fingerprint density at radius 3 is 1.89 bits per heavy atom. The van der Waals surface area contributed by atoms with Gasteiger partial charge in [0.1, 0.15) is 24.7 Å². The van der Waals surface area contributed by atoms with Gasteiger partial charge in [0.25, 0.3) is 0 Å². The van der Waals surface area contributed by atoms with E-state index >= 15 is 0 Å². The Labute approximate surface area is 313 Å². The summed E-state index contributed by atoms with van der Waals surface area (Å²) in [7, 11) is -3.74. The van der Waals surface area contributed by atoms with E-state index in [9.17, 15) is 43.5 Å². The van der Waals surface area contributed by atoms with Gasteiger partial charge in [-0.1, -0.05) is 74.5 Å². The minimum Gasteiger partial charge on any atom is -0.481 e. The number of aliphatic carboxylic acids is 2. The number of fused-ring (bicyclic) bond motifs is 1. The van der Waals surface area contributed by atoms with Crippen LogP contribution in [-0.4, -0.2) is 83.3 Å². The lowest BCUT2D eigenvalue weighted by atomic mass is 9.93. The van der Waals surface area contributed by atoms with Crippen LogP contribution in [0.3, 0.4) is 0 Å². The zero-order chi connectivity index (χ0) is 39.8. The molecule has 0 aliphatic heterocycles. The van der Waals surface area contributed by atoms with E-state index in [4.69, 9.17) is 13.8 Å². The number of carbonyl (C=O) groups is 6. The number of carboxylic acid groups (broad SMARTS) is 2. The molecule has 16 nitrogen and oxygen atoms in total. The summed E-state index contributed by atoms with van der Waals surface area (Å²) >= 11 is 0. The molecule has 2 aromatic rings. The second kappa shape index (κ2) is 21.0. The van der Waals surface area contributed by atoms with Crippen LogP contribution in [-0.2, 0) is 61.8 Å². The van der Waals surface area contributed by atoms with Gasteiger partial charge >= 0.3 is 25.6 Å². The minimum absolute atomic E-state index is 0.0499. The number of amides is 4. The summed E-state index contributed by atoms with van der Waals surface area (Å²) in [4.78, 5) is 77.5. The molecule has 3 rings (SSSR count). The number of ether oxygens (including phenoxy) is 1. The van der Waals surface area contributed by atoms with Crippen molar-refractivity contribution in [2.24, 2.45) is 11.8 Å². The van der Waals surface area contributed by atoms with Gasteiger partial charge in [0.2, 0.25) is 17.7 Å². The Morgan fingerprint density at radius 2 is 1.35 bits per heavy atom. The first-order valence-corrected chi connectivity index (χ1v) is 19.2. The quantitative estimate of drug-likeness (QED) is 0.100. The molecule has 0 saturated carbocycles. The van der Waals surface area contributed by atoms with Crippen LogP contribution in [0.5, 0.6) is 0 Å². The zero-order valence-corrected chi connectivity index (χ0v) is 31.6. The average Bonchev–Trinajstić information content (AvgIpc) is 3.54. The number of hydrogen-bond donors (Lipinski definition) is 6. The predicted molar refractivity (Wildman–Crippen MR) is 196 cm³/mol. The highest BCUT2D eigenvalue weighted by atomic mass is 31.2. The third kappa shape index (κ3) is 13.7. The lowest BCUT2D eigenvalue weighted by molar-refractivity contribution is -0.140. The second-order valence-corrected chi connectivity index (χ2v) is 14.8. The summed E-state index contributed by atoms with van der Waals surface area (Å²) < 4.78 is 28.6. The van der Waals surface area contributed by atoms with E-state index in [2.05, 4.69) is 21.3 Å². The minimum atomic E-state index is -3.74. The summed E-state index contributed by atoms with van der Waals surface area (Å²) in [6.07, 6.45) is -0.515. The van der Waals surface area contributed by atoms with Gasteiger partial charge in [0.05, 0.1) is 32.1 Å². The normalized spacial score (nSPS) is 15.1. The SMILES string of the molecule is CCOP(=O)(/C=C/[C@H](CC(=O)O)NC(=O)[C@@H](NC(=O)[C@@H](NC(=O)[C@H](CC(=O)O)NC(=O)OCc1ccccc1)C1Cc2ccccc2C1)C(C)C)OCC. The predicted octanol–water partition coefficient (Wildman–Crippen LogP) is 3.54. The van der Waals surface area contributed by atoms with Gasteiger partial charge in [-0.05, 0) is 55.2 Å². The van der Waals surface area contributed by atoms with Crippen molar-refractivity contribution >= 4 is 43.3 Å². The maximum absolute atomic E-state index is 14.1. The van der Waals surface area contributed by atoms with Crippen LogP contribution in [0.4, 0.5) is 4.79 Å². The summed E-state index contributed by atoms with van der Waals surface area (Å²) in [5.41, 5.74) is 2.55. The Hall–Kier alpha value is -5.05. The van der Waals surface area contributed by atoms with Crippen LogP contribution < -0.4 is 21.3 Å². The fourth-order valence-corrected chi connectivity index (χ4v) is 7.25. The monoisotopic (exact) mass is 772 g/mol. The van der Waals surface area contributed by atoms with Gasteiger partial charge < -0.3 is 45.3 Å². The largest absolute Gasteiger partial charge is 0.481 e. The molecule has 0 spiro atoms. The molecule has 0 bridgehead atoms. The lowest BCUT2D eigenvalue weighted by Gasteiger charge is -2.30. The van der Waals surface area contributed by atoms with Gasteiger partial charge in [0, 0.05) is 5.82 Å². The number of alkyl carbamates (subject to hydrolysis) is 1. The molecule has 4 amide bonds. The van der Waals surface area contributed by atoms with Gasteiger partial charge in [-0.2, -0.15) is 0 Å². The van der Waals surface area contributed by atoms with Crippen molar-refractivity contribution in [1.82, 2.24) is 21.3 Å².